The molecule has 0 spiro atoms. The van der Waals surface area contributed by atoms with Crippen molar-refractivity contribution in [2.24, 2.45) is 0 Å². The molecule has 1 N–H and O–H groups in total. The van der Waals surface area contributed by atoms with Gasteiger partial charge in [-0.2, -0.15) is 0 Å². The van der Waals surface area contributed by atoms with E-state index in [0.29, 0.717) is 12.6 Å². The average molecular weight is 233 g/mol. The van der Waals surface area contributed by atoms with Gasteiger partial charge in [-0.15, -0.1) is 0 Å². The van der Waals surface area contributed by atoms with Crippen LogP contribution in [0.15, 0.2) is 28.9 Å². The summed E-state index contributed by atoms with van der Waals surface area (Å²) in [5.41, 5.74) is 2.09. The van der Waals surface area contributed by atoms with Crippen LogP contribution in [0.2, 0.25) is 0 Å². The van der Waals surface area contributed by atoms with Crippen LogP contribution in [0.3, 0.4) is 0 Å². The van der Waals surface area contributed by atoms with E-state index in [2.05, 4.69) is 19.2 Å². The van der Waals surface area contributed by atoms with E-state index in [-0.39, 0.29) is 0 Å². The first-order valence-corrected chi connectivity index (χ1v) is 6.07. The monoisotopic (exact) mass is 233 g/mol. The van der Waals surface area contributed by atoms with Crippen molar-refractivity contribution < 1.29 is 9.15 Å². The van der Waals surface area contributed by atoms with Crippen molar-refractivity contribution in [3.63, 3.8) is 0 Å². The molecular weight excluding hydrogens is 214 g/mol. The Morgan fingerprint density at radius 2 is 2.18 bits per heavy atom. The van der Waals surface area contributed by atoms with Gasteiger partial charge in [-0.25, -0.2) is 0 Å². The number of ether oxygens (including phenoxy) is 1. The molecule has 0 amide bonds. The number of benzene rings is 1. The quantitative estimate of drug-likeness (QED) is 0.860. The van der Waals surface area contributed by atoms with Gasteiger partial charge in [0.05, 0.1) is 12.9 Å². The van der Waals surface area contributed by atoms with Crippen LogP contribution in [0.25, 0.3) is 11.0 Å². The molecule has 0 saturated heterocycles. The standard InChI is InChI=1S/C14H19NO2/c1-4-16-12-5-6-14-13(7-12)11(9-17-14)8-15-10(2)3/h5-7,9-10,15H,4,8H2,1-3H3. The van der Waals surface area contributed by atoms with E-state index in [1.54, 1.807) is 0 Å². The lowest BCUT2D eigenvalue weighted by Gasteiger charge is -2.07. The molecule has 0 aliphatic carbocycles. The van der Waals surface area contributed by atoms with E-state index in [1.165, 1.54) is 5.56 Å². The van der Waals surface area contributed by atoms with Crippen LogP contribution in [0.5, 0.6) is 5.75 Å². The zero-order valence-corrected chi connectivity index (χ0v) is 10.6. The normalized spacial score (nSPS) is 11.3. The lowest BCUT2D eigenvalue weighted by atomic mass is 10.1. The third-order valence-corrected chi connectivity index (χ3v) is 2.64. The Bertz CT molecular complexity index is 488. The van der Waals surface area contributed by atoms with Crippen molar-refractivity contribution in [3.05, 3.63) is 30.0 Å². The van der Waals surface area contributed by atoms with E-state index >= 15 is 0 Å². The fraction of sp³-hybridized carbons (Fsp3) is 0.429. The summed E-state index contributed by atoms with van der Waals surface area (Å²) in [6, 6.07) is 6.41. The van der Waals surface area contributed by atoms with Crippen molar-refractivity contribution in [1.82, 2.24) is 5.32 Å². The van der Waals surface area contributed by atoms with E-state index in [9.17, 15) is 0 Å². The zero-order chi connectivity index (χ0) is 12.3. The lowest BCUT2D eigenvalue weighted by Crippen LogP contribution is -2.21. The van der Waals surface area contributed by atoms with Gasteiger partial charge >= 0.3 is 0 Å². The lowest BCUT2D eigenvalue weighted by molar-refractivity contribution is 0.340. The van der Waals surface area contributed by atoms with Crippen LogP contribution < -0.4 is 10.1 Å². The molecule has 0 saturated carbocycles. The number of nitrogens with one attached hydrogen (secondary N) is 1. The summed E-state index contributed by atoms with van der Waals surface area (Å²) in [5.74, 6) is 0.896. The minimum Gasteiger partial charge on any atom is -0.494 e. The molecule has 3 heteroatoms. The van der Waals surface area contributed by atoms with Crippen molar-refractivity contribution in [2.45, 2.75) is 33.4 Å². The van der Waals surface area contributed by atoms with Crippen LogP contribution in [0, 0.1) is 0 Å². The molecule has 2 rings (SSSR count). The smallest absolute Gasteiger partial charge is 0.134 e. The van der Waals surface area contributed by atoms with E-state index < -0.39 is 0 Å². The predicted molar refractivity (Wildman–Crippen MR) is 69.4 cm³/mol. The summed E-state index contributed by atoms with van der Waals surface area (Å²) < 4.78 is 11.0. The van der Waals surface area contributed by atoms with Crippen LogP contribution in [-0.4, -0.2) is 12.6 Å². The highest BCUT2D eigenvalue weighted by Crippen LogP contribution is 2.25. The minimum absolute atomic E-state index is 0.468. The maximum absolute atomic E-state index is 5.52. The van der Waals surface area contributed by atoms with Gasteiger partial charge < -0.3 is 14.5 Å². The van der Waals surface area contributed by atoms with Gasteiger partial charge in [0.2, 0.25) is 0 Å². The maximum Gasteiger partial charge on any atom is 0.134 e. The molecule has 0 unspecified atom stereocenters. The first-order valence-electron chi connectivity index (χ1n) is 6.07. The van der Waals surface area contributed by atoms with E-state index in [4.69, 9.17) is 9.15 Å². The number of hydrogen-bond acceptors (Lipinski definition) is 3. The van der Waals surface area contributed by atoms with Gasteiger partial charge in [-0.3, -0.25) is 0 Å². The van der Waals surface area contributed by atoms with E-state index in [1.807, 2.05) is 31.4 Å². The Hall–Kier alpha value is -1.48. The van der Waals surface area contributed by atoms with Crippen molar-refractivity contribution in [1.29, 1.82) is 0 Å². The number of rotatable bonds is 5. The van der Waals surface area contributed by atoms with Gasteiger partial charge in [0.25, 0.3) is 0 Å². The van der Waals surface area contributed by atoms with Crippen LogP contribution in [0.1, 0.15) is 26.3 Å². The van der Waals surface area contributed by atoms with Gasteiger partial charge in [0, 0.05) is 23.5 Å². The molecule has 0 aliphatic rings. The Morgan fingerprint density at radius 3 is 2.88 bits per heavy atom. The number of furan rings is 1. The van der Waals surface area contributed by atoms with Crippen LogP contribution in [0.4, 0.5) is 0 Å². The molecule has 1 aromatic carbocycles. The van der Waals surface area contributed by atoms with Crippen LogP contribution in [-0.2, 0) is 6.54 Å². The largest absolute Gasteiger partial charge is 0.494 e. The van der Waals surface area contributed by atoms with Crippen molar-refractivity contribution >= 4 is 11.0 Å². The number of fused-ring (bicyclic) bond motifs is 1. The van der Waals surface area contributed by atoms with Gasteiger partial charge in [-0.05, 0) is 25.1 Å². The summed E-state index contributed by atoms with van der Waals surface area (Å²) in [4.78, 5) is 0. The molecule has 0 radical (unpaired) electrons. The fourth-order valence-corrected chi connectivity index (χ4v) is 1.77. The highest BCUT2D eigenvalue weighted by atomic mass is 16.5. The molecule has 0 bridgehead atoms. The zero-order valence-electron chi connectivity index (χ0n) is 10.6. The highest BCUT2D eigenvalue weighted by molar-refractivity contribution is 5.82. The second-order valence-electron chi connectivity index (χ2n) is 4.39. The number of hydrogen-bond donors (Lipinski definition) is 1. The Labute approximate surface area is 102 Å². The summed E-state index contributed by atoms with van der Waals surface area (Å²) in [6.45, 7) is 7.76. The van der Waals surface area contributed by atoms with Gasteiger partial charge in [0.1, 0.15) is 11.3 Å². The topological polar surface area (TPSA) is 34.4 Å². The average Bonchev–Trinajstić information content (AvgIpc) is 2.69. The molecule has 17 heavy (non-hydrogen) atoms. The molecule has 1 heterocycles. The third kappa shape index (κ3) is 2.80. The molecule has 0 atom stereocenters. The minimum atomic E-state index is 0.468. The first-order chi connectivity index (χ1) is 8.20. The summed E-state index contributed by atoms with van der Waals surface area (Å²) in [7, 11) is 0. The van der Waals surface area contributed by atoms with Gasteiger partial charge in [0.15, 0.2) is 0 Å². The fourth-order valence-electron chi connectivity index (χ4n) is 1.77. The van der Waals surface area contributed by atoms with E-state index in [0.717, 1.165) is 23.3 Å². The molecule has 3 nitrogen and oxygen atoms in total. The summed E-state index contributed by atoms with van der Waals surface area (Å²) >= 11 is 0. The van der Waals surface area contributed by atoms with Crippen molar-refractivity contribution in [2.75, 3.05) is 6.61 Å². The predicted octanol–water partition coefficient (Wildman–Crippen LogP) is 3.33. The molecule has 0 aliphatic heterocycles. The second kappa shape index (κ2) is 5.23. The molecule has 1 aromatic heterocycles. The van der Waals surface area contributed by atoms with Crippen LogP contribution >= 0.6 is 0 Å². The third-order valence-electron chi connectivity index (χ3n) is 2.64. The molecule has 92 valence electrons. The first kappa shape index (κ1) is 12.0. The molecule has 0 fully saturated rings. The highest BCUT2D eigenvalue weighted by Gasteiger charge is 2.07. The SMILES string of the molecule is CCOc1ccc2occ(CNC(C)C)c2c1. The Balaban J connectivity index is 2.26. The summed E-state index contributed by atoms with van der Waals surface area (Å²) in [5, 5.41) is 4.52. The Kier molecular flexibility index (Phi) is 3.69. The maximum atomic E-state index is 5.52. The van der Waals surface area contributed by atoms with Crippen molar-refractivity contribution in [3.8, 4) is 5.75 Å². The molecular formula is C14H19NO2. The van der Waals surface area contributed by atoms with Gasteiger partial charge in [-0.1, -0.05) is 13.8 Å². The molecule has 2 aromatic rings. The second-order valence-corrected chi connectivity index (χ2v) is 4.39. The Morgan fingerprint density at radius 1 is 1.35 bits per heavy atom. The summed E-state index contributed by atoms with van der Waals surface area (Å²) in [6.07, 6.45) is 1.82.